The van der Waals surface area contributed by atoms with Crippen LogP contribution in [-0.4, -0.2) is 61.2 Å². The van der Waals surface area contributed by atoms with E-state index >= 15 is 0 Å². The van der Waals surface area contributed by atoms with Gasteiger partial charge >= 0.3 is 6.18 Å². The molecule has 204 valence electrons. The quantitative estimate of drug-likeness (QED) is 0.260. The van der Waals surface area contributed by atoms with Crippen molar-refractivity contribution in [3.63, 3.8) is 0 Å². The average molecular weight is 541 g/mol. The summed E-state index contributed by atoms with van der Waals surface area (Å²) in [5, 5.41) is 11.8. The van der Waals surface area contributed by atoms with E-state index in [0.717, 1.165) is 18.0 Å². The van der Waals surface area contributed by atoms with Crippen LogP contribution in [0.4, 0.5) is 23.2 Å². The highest BCUT2D eigenvalue weighted by Crippen LogP contribution is 2.34. The summed E-state index contributed by atoms with van der Waals surface area (Å²) in [6.07, 6.45) is -2.70. The second kappa shape index (κ2) is 10.2. The number of aryl methyl sites for hydroxylation is 2. The summed E-state index contributed by atoms with van der Waals surface area (Å²) in [7, 11) is 0. The molecule has 5 rings (SSSR count). The van der Waals surface area contributed by atoms with E-state index in [0.29, 0.717) is 73.1 Å². The van der Waals surface area contributed by atoms with Gasteiger partial charge in [0, 0.05) is 60.7 Å². The van der Waals surface area contributed by atoms with Gasteiger partial charge in [-0.25, -0.2) is 4.39 Å². The van der Waals surface area contributed by atoms with Gasteiger partial charge in [-0.15, -0.1) is 10.2 Å². The topological polar surface area (TPSA) is 89.0 Å². The van der Waals surface area contributed by atoms with Crippen LogP contribution in [-0.2, 0) is 19.1 Å². The van der Waals surface area contributed by atoms with Crippen molar-refractivity contribution in [1.82, 2.24) is 35.0 Å². The Morgan fingerprint density at radius 2 is 1.74 bits per heavy atom. The van der Waals surface area contributed by atoms with Crippen LogP contribution in [0.25, 0.3) is 5.70 Å². The molecule has 2 N–H and O–H groups in total. The lowest BCUT2D eigenvalue weighted by molar-refractivity contribution is -0.137. The minimum absolute atomic E-state index is 0.0352. The predicted molar refractivity (Wildman–Crippen MR) is 138 cm³/mol. The van der Waals surface area contributed by atoms with Gasteiger partial charge in [0.15, 0.2) is 5.82 Å². The SMILES string of the molecule is C=C(CCc1ncc(C(F)(F)F)cc1Cn1nnc(C)n1)N1CC2=C(C1)CN(C(=C)c1ccc(N)cc1F)C2. The number of benzene rings is 1. The van der Waals surface area contributed by atoms with Crippen molar-refractivity contribution in [3.05, 3.63) is 94.5 Å². The Balaban J connectivity index is 1.20. The van der Waals surface area contributed by atoms with E-state index < -0.39 is 17.6 Å². The Kier molecular flexibility index (Phi) is 6.87. The molecule has 1 aromatic carbocycles. The van der Waals surface area contributed by atoms with Crippen LogP contribution in [0.15, 0.2) is 60.5 Å². The summed E-state index contributed by atoms with van der Waals surface area (Å²) in [5.74, 6) is 0.0354. The molecule has 2 aliphatic heterocycles. The monoisotopic (exact) mass is 540 g/mol. The summed E-state index contributed by atoms with van der Waals surface area (Å²) >= 11 is 0. The van der Waals surface area contributed by atoms with Gasteiger partial charge in [-0.2, -0.15) is 18.0 Å². The Morgan fingerprint density at radius 3 is 2.36 bits per heavy atom. The molecule has 2 aliphatic rings. The van der Waals surface area contributed by atoms with Crippen molar-refractivity contribution in [2.45, 2.75) is 32.5 Å². The maximum absolute atomic E-state index is 14.4. The molecule has 0 unspecified atom stereocenters. The molecule has 0 aliphatic carbocycles. The van der Waals surface area contributed by atoms with E-state index in [-0.39, 0.29) is 6.54 Å². The highest BCUT2D eigenvalue weighted by atomic mass is 19.4. The number of nitrogens with two attached hydrogens (primary N) is 1. The molecule has 0 radical (unpaired) electrons. The summed E-state index contributed by atoms with van der Waals surface area (Å²) in [6, 6.07) is 5.70. The lowest BCUT2D eigenvalue weighted by Gasteiger charge is -2.28. The van der Waals surface area contributed by atoms with Crippen LogP contribution in [0, 0.1) is 12.7 Å². The molecule has 0 atom stereocenters. The largest absolute Gasteiger partial charge is 0.417 e. The third-order valence-electron chi connectivity index (χ3n) is 7.06. The Morgan fingerprint density at radius 1 is 1.05 bits per heavy atom. The van der Waals surface area contributed by atoms with Crippen LogP contribution in [0.5, 0.6) is 0 Å². The lowest BCUT2D eigenvalue weighted by atomic mass is 10.1. The number of anilines is 1. The fourth-order valence-corrected chi connectivity index (χ4v) is 4.95. The van der Waals surface area contributed by atoms with Gasteiger partial charge in [0.1, 0.15) is 5.82 Å². The average Bonchev–Trinajstić information content (AvgIpc) is 3.57. The molecule has 0 saturated carbocycles. The van der Waals surface area contributed by atoms with Gasteiger partial charge in [0.25, 0.3) is 0 Å². The van der Waals surface area contributed by atoms with Gasteiger partial charge in [0.2, 0.25) is 0 Å². The minimum Gasteiger partial charge on any atom is -0.399 e. The smallest absolute Gasteiger partial charge is 0.399 e. The molecule has 0 fully saturated rings. The third-order valence-corrected chi connectivity index (χ3v) is 7.06. The first kappa shape index (κ1) is 26.4. The number of pyridine rings is 1. The summed E-state index contributed by atoms with van der Waals surface area (Å²) in [5.41, 5.74) is 10.6. The van der Waals surface area contributed by atoms with E-state index in [9.17, 15) is 17.6 Å². The number of allylic oxidation sites excluding steroid dienone is 1. The van der Waals surface area contributed by atoms with Crippen LogP contribution < -0.4 is 5.73 Å². The van der Waals surface area contributed by atoms with Gasteiger partial charge in [-0.05, 0) is 66.0 Å². The van der Waals surface area contributed by atoms with Crippen LogP contribution >= 0.6 is 0 Å². The number of halogens is 4. The number of aromatic nitrogens is 5. The molecule has 3 aromatic rings. The minimum atomic E-state index is -4.50. The molecule has 8 nitrogen and oxygen atoms in total. The van der Waals surface area contributed by atoms with E-state index in [4.69, 9.17) is 5.73 Å². The lowest BCUT2D eigenvalue weighted by Crippen LogP contribution is -2.28. The van der Waals surface area contributed by atoms with E-state index in [1.54, 1.807) is 19.1 Å². The fraction of sp³-hybridized carbons (Fsp3) is 0.333. The number of nitrogen functional groups attached to an aromatic ring is 1. The van der Waals surface area contributed by atoms with E-state index in [2.05, 4.69) is 43.4 Å². The molecular formula is C27H28F4N8. The van der Waals surface area contributed by atoms with Crippen molar-refractivity contribution in [3.8, 4) is 0 Å². The molecule has 0 bridgehead atoms. The highest BCUT2D eigenvalue weighted by molar-refractivity contribution is 5.66. The Bertz CT molecular complexity index is 1450. The summed E-state index contributed by atoms with van der Waals surface area (Å²) in [6.45, 7) is 12.7. The molecule has 12 heteroatoms. The first-order valence-electron chi connectivity index (χ1n) is 12.4. The number of alkyl halides is 3. The molecule has 0 amide bonds. The number of hydrogen-bond donors (Lipinski definition) is 1. The molecule has 2 aromatic heterocycles. The fourth-order valence-electron chi connectivity index (χ4n) is 4.95. The highest BCUT2D eigenvalue weighted by Gasteiger charge is 2.33. The Labute approximate surface area is 223 Å². The van der Waals surface area contributed by atoms with Gasteiger partial charge in [0.05, 0.1) is 12.1 Å². The number of rotatable bonds is 8. The normalized spacial score (nSPS) is 15.3. The van der Waals surface area contributed by atoms with Gasteiger partial charge in [-0.1, -0.05) is 13.2 Å². The maximum atomic E-state index is 14.4. The molecule has 0 spiro atoms. The zero-order valence-corrected chi connectivity index (χ0v) is 21.5. The second-order valence-electron chi connectivity index (χ2n) is 9.87. The van der Waals surface area contributed by atoms with Gasteiger partial charge in [-0.3, -0.25) is 4.98 Å². The predicted octanol–water partition coefficient (Wildman–Crippen LogP) is 4.21. The molecule has 4 heterocycles. The molecule has 39 heavy (non-hydrogen) atoms. The standard InChI is InChI=1S/C27H28F4N8/c1-16(4-7-26-19(15-39-35-18(3)34-36-39)8-22(10-33-26)27(29,30)31)37-11-20-13-38(14-21(20)12-37)17(2)24-6-5-23(32)9-25(24)28/h5-6,8-10H,1-2,4,7,11-15,32H2,3H3. The van der Waals surface area contributed by atoms with Crippen LogP contribution in [0.1, 0.15) is 34.6 Å². The first-order valence-corrected chi connectivity index (χ1v) is 12.4. The van der Waals surface area contributed by atoms with Crippen molar-refractivity contribution < 1.29 is 17.6 Å². The van der Waals surface area contributed by atoms with Crippen molar-refractivity contribution in [2.75, 3.05) is 31.9 Å². The molecular weight excluding hydrogens is 512 g/mol. The van der Waals surface area contributed by atoms with Crippen molar-refractivity contribution in [2.24, 2.45) is 0 Å². The molecule has 0 saturated heterocycles. The summed E-state index contributed by atoms with van der Waals surface area (Å²) in [4.78, 5) is 9.62. The second-order valence-corrected chi connectivity index (χ2v) is 9.87. The summed E-state index contributed by atoms with van der Waals surface area (Å²) < 4.78 is 54.4. The number of nitrogens with zero attached hydrogens (tertiary/aromatic N) is 7. The van der Waals surface area contributed by atoms with Gasteiger partial charge < -0.3 is 15.5 Å². The third kappa shape index (κ3) is 5.64. The maximum Gasteiger partial charge on any atom is 0.417 e. The van der Waals surface area contributed by atoms with Crippen molar-refractivity contribution in [1.29, 1.82) is 0 Å². The van der Waals surface area contributed by atoms with E-state index in [1.165, 1.54) is 22.0 Å². The number of hydrogen-bond acceptors (Lipinski definition) is 7. The first-order chi connectivity index (χ1) is 18.5. The number of tetrazole rings is 1. The van der Waals surface area contributed by atoms with Crippen LogP contribution in [0.3, 0.4) is 0 Å². The van der Waals surface area contributed by atoms with Crippen molar-refractivity contribution >= 4 is 11.4 Å². The zero-order chi connectivity index (χ0) is 27.9. The van der Waals surface area contributed by atoms with E-state index in [1.807, 2.05) is 0 Å². The Hall–Kier alpha value is -4.22. The van der Waals surface area contributed by atoms with Crippen LogP contribution in [0.2, 0.25) is 0 Å². The zero-order valence-electron chi connectivity index (χ0n) is 21.5.